The molecule has 2 fully saturated rings. The minimum absolute atomic E-state index is 0.0561. The van der Waals surface area contributed by atoms with Gasteiger partial charge in [-0.05, 0) is 31.6 Å². The number of rotatable bonds is 4. The Kier molecular flexibility index (Phi) is 3.95. The molecular weight excluding hydrogens is 356 g/mol. The van der Waals surface area contributed by atoms with Gasteiger partial charge in [0.1, 0.15) is 5.54 Å². The molecule has 4 aliphatic rings. The number of carbonyl (C=O) groups is 1. The molecule has 3 aliphatic heterocycles. The van der Waals surface area contributed by atoms with Crippen molar-refractivity contribution in [3.8, 4) is 0 Å². The lowest BCUT2D eigenvalue weighted by atomic mass is 9.69. The lowest BCUT2D eigenvalue weighted by Gasteiger charge is -2.45. The maximum absolute atomic E-state index is 13.2. The van der Waals surface area contributed by atoms with Gasteiger partial charge in [0.2, 0.25) is 6.79 Å². The van der Waals surface area contributed by atoms with Crippen LogP contribution < -0.4 is 10.2 Å². The Morgan fingerprint density at radius 1 is 1.21 bits per heavy atom. The molecule has 3 unspecified atom stereocenters. The summed E-state index contributed by atoms with van der Waals surface area (Å²) in [7, 11) is 0. The fourth-order valence-electron chi connectivity index (χ4n) is 4.95. The summed E-state index contributed by atoms with van der Waals surface area (Å²) < 4.78 is 17.5. The molecule has 3 heterocycles. The third-order valence-electron chi connectivity index (χ3n) is 6.40. The van der Waals surface area contributed by atoms with Gasteiger partial charge in [-0.25, -0.2) is 4.79 Å². The molecule has 6 heteroatoms. The van der Waals surface area contributed by atoms with E-state index in [1.165, 1.54) is 0 Å². The zero-order valence-electron chi connectivity index (χ0n) is 16.4. The Morgan fingerprint density at radius 3 is 2.89 bits per heavy atom. The first-order valence-corrected chi connectivity index (χ1v) is 10.1. The number of fused-ring (bicyclic) bond motifs is 5. The van der Waals surface area contributed by atoms with Crippen molar-refractivity contribution in [2.24, 2.45) is 5.92 Å². The average Bonchev–Trinajstić information content (AvgIpc) is 3.25. The van der Waals surface area contributed by atoms with Crippen molar-refractivity contribution in [3.63, 3.8) is 0 Å². The molecule has 148 valence electrons. The van der Waals surface area contributed by atoms with E-state index >= 15 is 0 Å². The molecule has 3 atom stereocenters. The molecule has 6 nitrogen and oxygen atoms in total. The van der Waals surface area contributed by atoms with E-state index in [2.05, 4.69) is 31.3 Å². The van der Waals surface area contributed by atoms with Gasteiger partial charge in [-0.15, -0.1) is 0 Å². The third-order valence-corrected chi connectivity index (χ3v) is 6.40. The van der Waals surface area contributed by atoms with Gasteiger partial charge in [-0.2, -0.15) is 0 Å². The number of para-hydroxylation sites is 1. The predicted octanol–water partition coefficient (Wildman–Crippen LogP) is 3.79. The summed E-state index contributed by atoms with van der Waals surface area (Å²) in [5.41, 5.74) is 0.904. The van der Waals surface area contributed by atoms with Gasteiger partial charge < -0.3 is 19.5 Å². The van der Waals surface area contributed by atoms with Crippen molar-refractivity contribution < 1.29 is 19.0 Å². The van der Waals surface area contributed by atoms with E-state index in [-0.39, 0.29) is 18.7 Å². The quantitative estimate of drug-likeness (QED) is 0.805. The van der Waals surface area contributed by atoms with Gasteiger partial charge in [0.15, 0.2) is 11.5 Å². The lowest BCUT2D eigenvalue weighted by molar-refractivity contribution is 0.0407. The fraction of sp³-hybridized carbons (Fsp3) is 0.500. The molecule has 0 saturated carbocycles. The maximum atomic E-state index is 13.2. The van der Waals surface area contributed by atoms with Crippen molar-refractivity contribution >= 4 is 11.7 Å². The van der Waals surface area contributed by atoms with Crippen LogP contribution in [0.3, 0.4) is 0 Å². The van der Waals surface area contributed by atoms with E-state index in [0.29, 0.717) is 6.61 Å². The highest BCUT2D eigenvalue weighted by molar-refractivity contribution is 5.96. The van der Waals surface area contributed by atoms with Crippen molar-refractivity contribution in [1.82, 2.24) is 5.32 Å². The van der Waals surface area contributed by atoms with Crippen LogP contribution in [0.25, 0.3) is 0 Å². The van der Waals surface area contributed by atoms with Crippen LogP contribution in [0.15, 0.2) is 47.9 Å². The summed E-state index contributed by atoms with van der Waals surface area (Å²) in [6.07, 6.45) is 7.29. The summed E-state index contributed by atoms with van der Waals surface area (Å²) >= 11 is 0. The Hall–Kier alpha value is -2.47. The van der Waals surface area contributed by atoms with Gasteiger partial charge in [0.05, 0.1) is 17.9 Å². The SMILES string of the molecule is CCCCCN1C(=O)NC2(COC3(C)C=C4OCOC4=CC32)c2ccccc21. The van der Waals surface area contributed by atoms with Crippen LogP contribution in [0.4, 0.5) is 10.5 Å². The van der Waals surface area contributed by atoms with Crippen molar-refractivity contribution in [2.45, 2.75) is 44.2 Å². The minimum Gasteiger partial charge on any atom is -0.454 e. The smallest absolute Gasteiger partial charge is 0.322 e. The first-order chi connectivity index (χ1) is 13.6. The molecule has 1 N–H and O–H groups in total. The van der Waals surface area contributed by atoms with E-state index in [0.717, 1.165) is 48.6 Å². The van der Waals surface area contributed by atoms with Crippen LogP contribution in [0.2, 0.25) is 0 Å². The maximum Gasteiger partial charge on any atom is 0.322 e. The summed E-state index contributed by atoms with van der Waals surface area (Å²) in [6, 6.07) is 8.13. The average molecular weight is 382 g/mol. The zero-order chi connectivity index (χ0) is 19.4. The van der Waals surface area contributed by atoms with Crippen LogP contribution in [0, 0.1) is 5.92 Å². The zero-order valence-corrected chi connectivity index (χ0v) is 16.4. The number of amides is 2. The van der Waals surface area contributed by atoms with Crippen molar-refractivity contribution in [3.05, 3.63) is 53.5 Å². The number of urea groups is 1. The summed E-state index contributed by atoms with van der Waals surface area (Å²) in [5.74, 6) is 1.39. The number of carbonyl (C=O) groups excluding carboxylic acids is 1. The Bertz CT molecular complexity index is 879. The fourth-order valence-corrected chi connectivity index (χ4v) is 4.95. The van der Waals surface area contributed by atoms with E-state index in [1.54, 1.807) is 0 Å². The van der Waals surface area contributed by atoms with Crippen LogP contribution >= 0.6 is 0 Å². The second-order valence-corrected chi connectivity index (χ2v) is 8.17. The molecule has 1 aromatic carbocycles. The third kappa shape index (κ3) is 2.40. The molecule has 0 bridgehead atoms. The highest BCUT2D eigenvalue weighted by atomic mass is 16.7. The number of nitrogens with one attached hydrogen (secondary N) is 1. The van der Waals surface area contributed by atoms with Crippen molar-refractivity contribution in [2.75, 3.05) is 24.8 Å². The summed E-state index contributed by atoms with van der Waals surface area (Å²) in [4.78, 5) is 15.1. The van der Waals surface area contributed by atoms with Crippen LogP contribution in [0.1, 0.15) is 38.7 Å². The number of anilines is 1. The van der Waals surface area contributed by atoms with E-state index < -0.39 is 11.1 Å². The molecular formula is C22H26N2O4. The first kappa shape index (κ1) is 17.6. The normalized spacial score (nSPS) is 32.6. The molecule has 1 aliphatic carbocycles. The number of ether oxygens (including phenoxy) is 3. The van der Waals surface area contributed by atoms with E-state index in [4.69, 9.17) is 14.2 Å². The van der Waals surface area contributed by atoms with E-state index in [9.17, 15) is 4.79 Å². The second-order valence-electron chi connectivity index (χ2n) is 8.17. The van der Waals surface area contributed by atoms with Crippen molar-refractivity contribution in [1.29, 1.82) is 0 Å². The predicted molar refractivity (Wildman–Crippen MR) is 105 cm³/mol. The molecule has 0 radical (unpaired) electrons. The van der Waals surface area contributed by atoms with Gasteiger partial charge in [0.25, 0.3) is 0 Å². The molecule has 28 heavy (non-hydrogen) atoms. The topological polar surface area (TPSA) is 60.0 Å². The summed E-state index contributed by atoms with van der Waals surface area (Å²) in [6.45, 7) is 5.58. The van der Waals surface area contributed by atoms with Gasteiger partial charge in [-0.1, -0.05) is 38.0 Å². The molecule has 2 amide bonds. The number of unbranched alkanes of at least 4 members (excludes halogenated alkanes) is 2. The second kappa shape index (κ2) is 6.27. The van der Waals surface area contributed by atoms with Crippen LogP contribution in [-0.4, -0.2) is 31.6 Å². The minimum atomic E-state index is -0.620. The largest absolute Gasteiger partial charge is 0.454 e. The number of benzene rings is 1. The standard InChI is InChI=1S/C22H26N2O4/c1-3-4-7-10-24-16-9-6-5-8-15(16)22(23-20(24)25)13-28-21(2)12-18-17(11-19(21)22)26-14-27-18/h5-6,8-9,11-12,19H,3-4,7,10,13-14H2,1-2H3,(H,23,25). The van der Waals surface area contributed by atoms with E-state index in [1.807, 2.05) is 29.2 Å². The Labute approximate surface area is 165 Å². The number of nitrogens with zero attached hydrogens (tertiary/aromatic N) is 1. The molecule has 0 aromatic heterocycles. The van der Waals surface area contributed by atoms with Crippen LogP contribution in [-0.2, 0) is 19.7 Å². The lowest BCUT2D eigenvalue weighted by Crippen LogP contribution is -2.61. The highest BCUT2D eigenvalue weighted by Crippen LogP contribution is 2.54. The summed E-state index contributed by atoms with van der Waals surface area (Å²) in [5, 5.41) is 3.32. The van der Waals surface area contributed by atoms with Gasteiger partial charge in [-0.3, -0.25) is 4.90 Å². The molecule has 1 spiro atoms. The Morgan fingerprint density at radius 2 is 2.04 bits per heavy atom. The molecule has 5 rings (SSSR count). The molecule has 2 saturated heterocycles. The number of hydrogen-bond acceptors (Lipinski definition) is 4. The van der Waals surface area contributed by atoms with Crippen LogP contribution in [0.5, 0.6) is 0 Å². The molecule has 1 aromatic rings. The Balaban J connectivity index is 1.58. The van der Waals surface area contributed by atoms with Gasteiger partial charge >= 0.3 is 6.03 Å². The monoisotopic (exact) mass is 382 g/mol. The first-order valence-electron chi connectivity index (χ1n) is 10.1. The van der Waals surface area contributed by atoms with Gasteiger partial charge in [0, 0.05) is 18.0 Å². The highest BCUT2D eigenvalue weighted by Gasteiger charge is 2.60. The number of hydrogen-bond donors (Lipinski definition) is 1.